The number of nitrogens with zero attached hydrogens (tertiary/aromatic N) is 2. The summed E-state index contributed by atoms with van der Waals surface area (Å²) < 4.78 is 0. The minimum atomic E-state index is 0.226. The highest BCUT2D eigenvalue weighted by Gasteiger charge is 2.15. The number of hydrogen-bond acceptors (Lipinski definition) is 3. The number of Topliss-reactive ketones (excluding diaryl/α,β-unsaturated/α-hetero) is 1. The van der Waals surface area contributed by atoms with E-state index in [0.29, 0.717) is 12.3 Å². The van der Waals surface area contributed by atoms with E-state index in [1.165, 1.54) is 12.8 Å². The molecule has 112 valence electrons. The maximum atomic E-state index is 12.3. The van der Waals surface area contributed by atoms with E-state index in [0.717, 1.165) is 42.1 Å². The van der Waals surface area contributed by atoms with E-state index in [1.54, 1.807) is 0 Å². The lowest BCUT2D eigenvalue weighted by Gasteiger charge is -2.13. The van der Waals surface area contributed by atoms with E-state index in [4.69, 9.17) is 0 Å². The van der Waals surface area contributed by atoms with E-state index in [2.05, 4.69) is 28.7 Å². The van der Waals surface area contributed by atoms with Crippen molar-refractivity contribution in [1.29, 1.82) is 0 Å². The molecular formula is C17H23N3O. The van der Waals surface area contributed by atoms with E-state index < -0.39 is 0 Å². The van der Waals surface area contributed by atoms with Crippen LogP contribution in [0.1, 0.15) is 55.2 Å². The summed E-state index contributed by atoms with van der Waals surface area (Å²) in [6.45, 7) is 7.39. The normalized spacial score (nSPS) is 16.1. The number of nitrogens with one attached hydrogen (secondary N) is 1. The Hall–Kier alpha value is -1.68. The van der Waals surface area contributed by atoms with Crippen molar-refractivity contribution < 1.29 is 4.79 Å². The van der Waals surface area contributed by atoms with Crippen LogP contribution in [-0.4, -0.2) is 40.3 Å². The first-order valence-corrected chi connectivity index (χ1v) is 7.88. The molecule has 2 heterocycles. The molecule has 3 rings (SSSR count). The SMILES string of the molecule is CC(C)c1nc2ccc(C(=O)CCN3CCCC3)cc2[nH]1. The highest BCUT2D eigenvalue weighted by Crippen LogP contribution is 2.19. The molecule has 1 aromatic heterocycles. The van der Waals surface area contributed by atoms with Gasteiger partial charge in [0.2, 0.25) is 0 Å². The zero-order valence-corrected chi connectivity index (χ0v) is 12.9. The average Bonchev–Trinajstić information content (AvgIpc) is 3.12. The topological polar surface area (TPSA) is 49.0 Å². The molecule has 0 bridgehead atoms. The number of aromatic nitrogens is 2. The molecule has 0 spiro atoms. The number of carbonyl (C=O) groups excluding carboxylic acids is 1. The van der Waals surface area contributed by atoms with Gasteiger partial charge in [-0.2, -0.15) is 0 Å². The molecule has 2 aromatic rings. The number of benzene rings is 1. The van der Waals surface area contributed by atoms with Crippen LogP contribution in [0.25, 0.3) is 11.0 Å². The van der Waals surface area contributed by atoms with Crippen LogP contribution in [0.15, 0.2) is 18.2 Å². The molecule has 0 atom stereocenters. The Morgan fingerprint density at radius 3 is 2.81 bits per heavy atom. The summed E-state index contributed by atoms with van der Waals surface area (Å²) in [5.74, 6) is 1.57. The molecule has 1 N–H and O–H groups in total. The third-order valence-corrected chi connectivity index (χ3v) is 4.22. The third kappa shape index (κ3) is 3.16. The lowest BCUT2D eigenvalue weighted by molar-refractivity contribution is 0.0969. The number of H-pyrrole nitrogens is 1. The van der Waals surface area contributed by atoms with Crippen molar-refractivity contribution in [3.05, 3.63) is 29.6 Å². The molecule has 21 heavy (non-hydrogen) atoms. The Labute approximate surface area is 125 Å². The van der Waals surface area contributed by atoms with Crippen molar-refractivity contribution in [2.75, 3.05) is 19.6 Å². The minimum Gasteiger partial charge on any atom is -0.342 e. The molecule has 0 amide bonds. The van der Waals surface area contributed by atoms with Crippen molar-refractivity contribution in [2.24, 2.45) is 0 Å². The van der Waals surface area contributed by atoms with Crippen molar-refractivity contribution >= 4 is 16.8 Å². The van der Waals surface area contributed by atoms with Gasteiger partial charge in [-0.15, -0.1) is 0 Å². The van der Waals surface area contributed by atoms with Gasteiger partial charge in [-0.25, -0.2) is 4.98 Å². The van der Waals surface area contributed by atoms with Crippen LogP contribution in [0.3, 0.4) is 0 Å². The number of fused-ring (bicyclic) bond motifs is 1. The first kappa shape index (κ1) is 14.3. The fourth-order valence-electron chi connectivity index (χ4n) is 2.89. The van der Waals surface area contributed by atoms with Crippen LogP contribution in [0, 0.1) is 0 Å². The number of likely N-dealkylation sites (tertiary alicyclic amines) is 1. The number of hydrogen-bond donors (Lipinski definition) is 1. The fraction of sp³-hybridized carbons (Fsp3) is 0.529. The first-order chi connectivity index (χ1) is 10.1. The van der Waals surface area contributed by atoms with Crippen LogP contribution in [-0.2, 0) is 0 Å². The fourth-order valence-corrected chi connectivity index (χ4v) is 2.89. The summed E-state index contributed by atoms with van der Waals surface area (Å²) in [6, 6.07) is 5.79. The van der Waals surface area contributed by atoms with Gasteiger partial charge < -0.3 is 9.88 Å². The molecule has 1 aromatic carbocycles. The Kier molecular flexibility index (Phi) is 4.06. The van der Waals surface area contributed by atoms with Gasteiger partial charge in [0.25, 0.3) is 0 Å². The van der Waals surface area contributed by atoms with Crippen LogP contribution < -0.4 is 0 Å². The van der Waals surface area contributed by atoms with Gasteiger partial charge in [-0.05, 0) is 44.1 Å². The Morgan fingerprint density at radius 1 is 1.33 bits per heavy atom. The summed E-state index contributed by atoms with van der Waals surface area (Å²) in [4.78, 5) is 22.6. The number of ketones is 1. The van der Waals surface area contributed by atoms with Gasteiger partial charge in [-0.3, -0.25) is 4.79 Å². The average molecular weight is 285 g/mol. The molecular weight excluding hydrogens is 262 g/mol. The van der Waals surface area contributed by atoms with Gasteiger partial charge in [-0.1, -0.05) is 13.8 Å². The molecule has 1 saturated heterocycles. The predicted molar refractivity (Wildman–Crippen MR) is 84.8 cm³/mol. The molecule has 1 fully saturated rings. The molecule has 0 saturated carbocycles. The van der Waals surface area contributed by atoms with Gasteiger partial charge in [0.1, 0.15) is 5.82 Å². The van der Waals surface area contributed by atoms with Gasteiger partial charge in [0, 0.05) is 24.4 Å². The summed E-state index contributed by atoms with van der Waals surface area (Å²) in [7, 11) is 0. The molecule has 4 nitrogen and oxygen atoms in total. The summed E-state index contributed by atoms with van der Waals surface area (Å²) >= 11 is 0. The summed E-state index contributed by atoms with van der Waals surface area (Å²) in [5, 5.41) is 0. The van der Waals surface area contributed by atoms with Crippen LogP contribution in [0.4, 0.5) is 0 Å². The third-order valence-electron chi connectivity index (χ3n) is 4.22. The Morgan fingerprint density at radius 2 is 2.10 bits per heavy atom. The van der Waals surface area contributed by atoms with Gasteiger partial charge >= 0.3 is 0 Å². The maximum Gasteiger partial charge on any atom is 0.164 e. The van der Waals surface area contributed by atoms with Crippen molar-refractivity contribution in [1.82, 2.24) is 14.9 Å². The smallest absolute Gasteiger partial charge is 0.164 e. The lowest BCUT2D eigenvalue weighted by Crippen LogP contribution is -2.22. The van der Waals surface area contributed by atoms with E-state index in [9.17, 15) is 4.79 Å². The number of aromatic amines is 1. The zero-order chi connectivity index (χ0) is 14.8. The highest BCUT2D eigenvalue weighted by atomic mass is 16.1. The second kappa shape index (κ2) is 5.98. The van der Waals surface area contributed by atoms with E-state index >= 15 is 0 Å². The van der Waals surface area contributed by atoms with Crippen LogP contribution in [0.5, 0.6) is 0 Å². The zero-order valence-electron chi connectivity index (χ0n) is 12.9. The van der Waals surface area contributed by atoms with Crippen LogP contribution in [0.2, 0.25) is 0 Å². The highest BCUT2D eigenvalue weighted by molar-refractivity contribution is 5.99. The van der Waals surface area contributed by atoms with Crippen LogP contribution >= 0.6 is 0 Å². The predicted octanol–water partition coefficient (Wildman–Crippen LogP) is 3.35. The molecule has 1 aliphatic rings. The Balaban J connectivity index is 1.71. The van der Waals surface area contributed by atoms with Gasteiger partial charge in [0.05, 0.1) is 11.0 Å². The van der Waals surface area contributed by atoms with Crippen molar-refractivity contribution in [3.63, 3.8) is 0 Å². The monoisotopic (exact) mass is 285 g/mol. The minimum absolute atomic E-state index is 0.226. The summed E-state index contributed by atoms with van der Waals surface area (Å²) in [5.41, 5.74) is 2.70. The quantitative estimate of drug-likeness (QED) is 0.857. The number of rotatable bonds is 5. The second-order valence-corrected chi connectivity index (χ2v) is 6.23. The lowest BCUT2D eigenvalue weighted by atomic mass is 10.1. The molecule has 4 heteroatoms. The van der Waals surface area contributed by atoms with Crippen molar-refractivity contribution in [3.8, 4) is 0 Å². The van der Waals surface area contributed by atoms with E-state index in [1.807, 2.05) is 18.2 Å². The summed E-state index contributed by atoms with van der Waals surface area (Å²) in [6.07, 6.45) is 3.15. The van der Waals surface area contributed by atoms with E-state index in [-0.39, 0.29) is 5.78 Å². The maximum absolute atomic E-state index is 12.3. The Bertz CT molecular complexity index is 639. The number of imidazole rings is 1. The number of carbonyl (C=O) groups is 1. The molecule has 0 unspecified atom stereocenters. The molecule has 0 aliphatic carbocycles. The molecule has 1 aliphatic heterocycles. The van der Waals surface area contributed by atoms with Gasteiger partial charge in [0.15, 0.2) is 5.78 Å². The standard InChI is InChI=1S/C17H23N3O/c1-12(2)17-18-14-6-5-13(11-15(14)19-17)16(21)7-10-20-8-3-4-9-20/h5-6,11-12H,3-4,7-10H2,1-2H3,(H,18,19). The second-order valence-electron chi connectivity index (χ2n) is 6.23. The first-order valence-electron chi connectivity index (χ1n) is 7.88. The van der Waals surface area contributed by atoms with Crippen molar-refractivity contribution in [2.45, 2.75) is 39.0 Å². The molecule has 0 radical (unpaired) electrons. The largest absolute Gasteiger partial charge is 0.342 e.